The molecule has 0 aliphatic heterocycles. The summed E-state index contributed by atoms with van der Waals surface area (Å²) in [5, 5.41) is 0. The Balaban J connectivity index is 2.15. The predicted octanol–water partition coefficient (Wildman–Crippen LogP) is 3.72. The zero-order valence-electron chi connectivity index (χ0n) is 9.14. The van der Waals surface area contributed by atoms with E-state index >= 15 is 0 Å². The van der Waals surface area contributed by atoms with E-state index in [1.165, 1.54) is 24.3 Å². The number of benzene rings is 2. The summed E-state index contributed by atoms with van der Waals surface area (Å²) in [5.74, 6) is -0.600. The summed E-state index contributed by atoms with van der Waals surface area (Å²) in [5.41, 5.74) is 1.30. The third-order valence-electron chi connectivity index (χ3n) is 2.34. The van der Waals surface area contributed by atoms with Gasteiger partial charge in [-0.3, -0.25) is 4.79 Å². The second-order valence-corrected chi connectivity index (χ2v) is 3.62. The molecule has 0 saturated heterocycles. The lowest BCUT2D eigenvalue weighted by atomic mass is 10.1. The molecule has 84 valence electrons. The molecule has 2 heteroatoms. The van der Waals surface area contributed by atoms with Crippen LogP contribution in [0.1, 0.15) is 15.9 Å². The number of hydrogen-bond donors (Lipinski definition) is 0. The molecule has 2 aromatic rings. The highest BCUT2D eigenvalue weighted by Gasteiger charge is 2.01. The van der Waals surface area contributed by atoms with Gasteiger partial charge in [-0.2, -0.15) is 0 Å². The Labute approximate surface area is 99.2 Å². The summed E-state index contributed by atoms with van der Waals surface area (Å²) < 4.78 is 12.9. The van der Waals surface area contributed by atoms with Crippen LogP contribution in [0.4, 0.5) is 4.39 Å². The van der Waals surface area contributed by atoms with Crippen molar-refractivity contribution in [2.45, 2.75) is 0 Å². The molecule has 0 bridgehead atoms. The number of ketones is 1. The van der Waals surface area contributed by atoms with E-state index in [-0.39, 0.29) is 5.78 Å². The fourth-order valence-corrected chi connectivity index (χ4v) is 1.47. The molecule has 0 aliphatic carbocycles. The van der Waals surface area contributed by atoms with Crippen molar-refractivity contribution in [2.75, 3.05) is 0 Å². The Kier molecular flexibility index (Phi) is 3.46. The minimum atomic E-state index is -0.399. The van der Waals surface area contributed by atoms with Gasteiger partial charge in [-0.1, -0.05) is 48.5 Å². The highest BCUT2D eigenvalue weighted by Crippen LogP contribution is 2.07. The fraction of sp³-hybridized carbons (Fsp3) is 0. The maximum absolute atomic E-state index is 12.9. The van der Waals surface area contributed by atoms with Crippen LogP contribution in [-0.2, 0) is 0 Å². The molecule has 2 rings (SSSR count). The number of halogens is 1. The standard InChI is InChI=1S/C15H11FO/c16-14-8-4-7-13(11-14)15(17)10-9-12-5-2-1-3-6-12/h1-11H. The van der Waals surface area contributed by atoms with E-state index < -0.39 is 5.82 Å². The van der Waals surface area contributed by atoms with Crippen molar-refractivity contribution < 1.29 is 9.18 Å². The zero-order chi connectivity index (χ0) is 12.1. The van der Waals surface area contributed by atoms with Gasteiger partial charge in [0.25, 0.3) is 0 Å². The second-order valence-electron chi connectivity index (χ2n) is 3.62. The van der Waals surface area contributed by atoms with E-state index in [1.807, 2.05) is 30.3 Å². The molecule has 0 radical (unpaired) electrons. The Morgan fingerprint density at radius 3 is 2.47 bits per heavy atom. The molecular weight excluding hydrogens is 215 g/mol. The first-order chi connectivity index (χ1) is 8.25. The summed E-state index contributed by atoms with van der Waals surface area (Å²) in [7, 11) is 0. The third kappa shape index (κ3) is 3.11. The van der Waals surface area contributed by atoms with Crippen LogP contribution in [0, 0.1) is 5.82 Å². The molecule has 2 aromatic carbocycles. The highest BCUT2D eigenvalue weighted by atomic mass is 19.1. The van der Waals surface area contributed by atoms with Gasteiger partial charge in [0.2, 0.25) is 0 Å². The largest absolute Gasteiger partial charge is 0.289 e. The first-order valence-corrected chi connectivity index (χ1v) is 5.29. The van der Waals surface area contributed by atoms with Crippen LogP contribution < -0.4 is 0 Å². The summed E-state index contributed by atoms with van der Waals surface area (Å²) >= 11 is 0. The highest BCUT2D eigenvalue weighted by molar-refractivity contribution is 6.06. The molecule has 17 heavy (non-hydrogen) atoms. The lowest BCUT2D eigenvalue weighted by molar-refractivity contribution is 0.104. The van der Waals surface area contributed by atoms with Gasteiger partial charge in [0, 0.05) is 5.56 Å². The summed E-state index contributed by atoms with van der Waals surface area (Å²) in [6, 6.07) is 15.2. The molecule has 0 saturated carbocycles. The molecule has 0 fully saturated rings. The molecule has 0 N–H and O–H groups in total. The van der Waals surface area contributed by atoms with Gasteiger partial charge in [-0.15, -0.1) is 0 Å². The van der Waals surface area contributed by atoms with E-state index in [0.29, 0.717) is 5.56 Å². The van der Waals surface area contributed by atoms with E-state index in [0.717, 1.165) is 5.56 Å². The molecule has 0 heterocycles. The molecule has 0 unspecified atom stereocenters. The topological polar surface area (TPSA) is 17.1 Å². The van der Waals surface area contributed by atoms with Crippen LogP contribution in [0.2, 0.25) is 0 Å². The first-order valence-electron chi connectivity index (χ1n) is 5.29. The normalized spacial score (nSPS) is 10.6. The average Bonchev–Trinajstić information content (AvgIpc) is 2.37. The van der Waals surface area contributed by atoms with Crippen molar-refractivity contribution in [3.8, 4) is 0 Å². The van der Waals surface area contributed by atoms with E-state index in [2.05, 4.69) is 0 Å². The van der Waals surface area contributed by atoms with Gasteiger partial charge in [-0.25, -0.2) is 4.39 Å². The van der Waals surface area contributed by atoms with Crippen molar-refractivity contribution in [3.05, 3.63) is 77.6 Å². The van der Waals surface area contributed by atoms with Gasteiger partial charge in [0.15, 0.2) is 5.78 Å². The number of carbonyl (C=O) groups excluding carboxylic acids is 1. The van der Waals surface area contributed by atoms with Gasteiger partial charge in [0.1, 0.15) is 5.82 Å². The third-order valence-corrected chi connectivity index (χ3v) is 2.34. The van der Waals surface area contributed by atoms with E-state index in [9.17, 15) is 9.18 Å². The van der Waals surface area contributed by atoms with Gasteiger partial charge >= 0.3 is 0 Å². The average molecular weight is 226 g/mol. The quantitative estimate of drug-likeness (QED) is 0.575. The molecular formula is C15H11FO. The van der Waals surface area contributed by atoms with E-state index in [4.69, 9.17) is 0 Å². The maximum Gasteiger partial charge on any atom is 0.185 e. The van der Waals surface area contributed by atoms with Crippen LogP contribution >= 0.6 is 0 Å². The Bertz CT molecular complexity index is 544. The maximum atomic E-state index is 12.9. The Hall–Kier alpha value is -2.22. The van der Waals surface area contributed by atoms with Crippen LogP contribution in [-0.4, -0.2) is 5.78 Å². The summed E-state index contributed by atoms with van der Waals surface area (Å²) in [6.07, 6.45) is 3.16. The van der Waals surface area contributed by atoms with Gasteiger partial charge in [0.05, 0.1) is 0 Å². The smallest absolute Gasteiger partial charge is 0.185 e. The van der Waals surface area contributed by atoms with Crippen LogP contribution in [0.3, 0.4) is 0 Å². The second kappa shape index (κ2) is 5.21. The fourth-order valence-electron chi connectivity index (χ4n) is 1.47. The van der Waals surface area contributed by atoms with E-state index in [1.54, 1.807) is 12.1 Å². The Morgan fingerprint density at radius 1 is 1.00 bits per heavy atom. The Morgan fingerprint density at radius 2 is 1.76 bits per heavy atom. The van der Waals surface area contributed by atoms with Crippen molar-refractivity contribution >= 4 is 11.9 Å². The van der Waals surface area contributed by atoms with Gasteiger partial charge in [-0.05, 0) is 23.8 Å². The monoisotopic (exact) mass is 226 g/mol. The molecule has 0 aliphatic rings. The minimum absolute atomic E-state index is 0.201. The zero-order valence-corrected chi connectivity index (χ0v) is 9.14. The summed E-state index contributed by atoms with van der Waals surface area (Å²) in [6.45, 7) is 0. The van der Waals surface area contributed by atoms with Crippen LogP contribution in [0.25, 0.3) is 6.08 Å². The van der Waals surface area contributed by atoms with Crippen LogP contribution in [0.15, 0.2) is 60.7 Å². The minimum Gasteiger partial charge on any atom is -0.289 e. The van der Waals surface area contributed by atoms with Crippen molar-refractivity contribution in [1.29, 1.82) is 0 Å². The molecule has 0 aromatic heterocycles. The molecule has 0 spiro atoms. The molecule has 0 amide bonds. The lowest BCUT2D eigenvalue weighted by Gasteiger charge is -1.95. The van der Waals surface area contributed by atoms with Crippen LogP contribution in [0.5, 0.6) is 0 Å². The number of hydrogen-bond acceptors (Lipinski definition) is 1. The lowest BCUT2D eigenvalue weighted by Crippen LogP contribution is -1.94. The van der Waals surface area contributed by atoms with Crippen molar-refractivity contribution in [1.82, 2.24) is 0 Å². The number of carbonyl (C=O) groups is 1. The molecule has 1 nitrogen and oxygen atoms in total. The first kappa shape index (κ1) is 11.3. The molecule has 0 atom stereocenters. The predicted molar refractivity (Wildman–Crippen MR) is 66.2 cm³/mol. The SMILES string of the molecule is O=C(C=Cc1ccccc1)c1cccc(F)c1. The van der Waals surface area contributed by atoms with Crippen molar-refractivity contribution in [3.63, 3.8) is 0 Å². The number of rotatable bonds is 3. The van der Waals surface area contributed by atoms with Crippen molar-refractivity contribution in [2.24, 2.45) is 0 Å². The van der Waals surface area contributed by atoms with Gasteiger partial charge < -0.3 is 0 Å². The number of allylic oxidation sites excluding steroid dienone is 1. The summed E-state index contributed by atoms with van der Waals surface area (Å²) in [4.78, 5) is 11.7.